The van der Waals surface area contributed by atoms with Crippen molar-refractivity contribution in [2.24, 2.45) is 0 Å². The first-order chi connectivity index (χ1) is 10.5. The topological polar surface area (TPSA) is 87.3 Å². The summed E-state index contributed by atoms with van der Waals surface area (Å²) in [6.07, 6.45) is -1.07. The van der Waals surface area contributed by atoms with Crippen LogP contribution in [0.15, 0.2) is 57.9 Å². The molecule has 3 N–H and O–H groups in total. The minimum absolute atomic E-state index is 0.126. The maximum absolute atomic E-state index is 12.3. The fourth-order valence-corrected chi connectivity index (χ4v) is 3.80. The van der Waals surface area contributed by atoms with Crippen LogP contribution in [-0.4, -0.2) is 20.5 Å². The molecule has 0 saturated heterocycles. The predicted molar refractivity (Wildman–Crippen MR) is 86.9 cm³/mol. The summed E-state index contributed by atoms with van der Waals surface area (Å²) in [6.45, 7) is 0. The maximum Gasteiger partial charge on any atom is 0.262 e. The Morgan fingerprint density at radius 3 is 2.68 bits per heavy atom. The number of benzene rings is 2. The molecule has 0 unspecified atom stereocenters. The van der Waals surface area contributed by atoms with Gasteiger partial charge in [-0.15, -0.1) is 0 Å². The predicted octanol–water partition coefficient (Wildman–Crippen LogP) is 2.12. The molecule has 6 nitrogen and oxygen atoms in total. The van der Waals surface area contributed by atoms with Crippen LogP contribution in [-0.2, 0) is 14.8 Å². The van der Waals surface area contributed by atoms with Gasteiger partial charge in [0.2, 0.25) is 10.0 Å². The smallest absolute Gasteiger partial charge is 0.262 e. The van der Waals surface area contributed by atoms with Gasteiger partial charge >= 0.3 is 0 Å². The van der Waals surface area contributed by atoms with E-state index in [0.29, 0.717) is 11.4 Å². The Bertz CT molecular complexity index is 839. The largest absolute Gasteiger partial charge is 0.360 e. The zero-order chi connectivity index (χ0) is 15.7. The number of rotatable bonds is 2. The van der Waals surface area contributed by atoms with Gasteiger partial charge in [-0.25, -0.2) is 8.42 Å². The molecule has 2 aromatic carbocycles. The normalized spacial score (nSPS) is 18.9. The SMILES string of the molecule is O=C(Nc1cccc(Br)c1)[C@H]1Nc2ccccc2S(=O)(=O)N1. The lowest BCUT2D eigenvalue weighted by Gasteiger charge is -2.27. The van der Waals surface area contributed by atoms with E-state index in [0.717, 1.165) is 4.47 Å². The molecule has 1 aliphatic rings. The van der Waals surface area contributed by atoms with E-state index < -0.39 is 22.1 Å². The van der Waals surface area contributed by atoms with Crippen molar-refractivity contribution in [1.29, 1.82) is 0 Å². The summed E-state index contributed by atoms with van der Waals surface area (Å²) < 4.78 is 27.4. The summed E-state index contributed by atoms with van der Waals surface area (Å²) in [7, 11) is -3.72. The van der Waals surface area contributed by atoms with Crippen LogP contribution in [0.25, 0.3) is 0 Å². The van der Waals surface area contributed by atoms with E-state index in [1.54, 1.807) is 36.4 Å². The van der Waals surface area contributed by atoms with Crippen molar-refractivity contribution in [1.82, 2.24) is 4.72 Å². The molecular formula is C14H12BrN3O3S. The van der Waals surface area contributed by atoms with E-state index in [4.69, 9.17) is 0 Å². The Kier molecular flexibility index (Phi) is 3.90. The summed E-state index contributed by atoms with van der Waals surface area (Å²) >= 11 is 3.31. The molecule has 0 aromatic heterocycles. The number of sulfonamides is 1. The highest BCUT2D eigenvalue weighted by molar-refractivity contribution is 9.10. The quantitative estimate of drug-likeness (QED) is 0.743. The molecule has 0 saturated carbocycles. The van der Waals surface area contributed by atoms with Crippen LogP contribution in [0.2, 0.25) is 0 Å². The fraction of sp³-hybridized carbons (Fsp3) is 0.0714. The molecule has 0 radical (unpaired) electrons. The van der Waals surface area contributed by atoms with Crippen LogP contribution in [0.1, 0.15) is 0 Å². The van der Waals surface area contributed by atoms with Crippen molar-refractivity contribution >= 4 is 43.2 Å². The van der Waals surface area contributed by atoms with Crippen LogP contribution >= 0.6 is 15.9 Å². The third-order valence-corrected chi connectivity index (χ3v) is 5.08. The minimum atomic E-state index is -3.72. The van der Waals surface area contributed by atoms with E-state index in [1.165, 1.54) is 6.07 Å². The number of carbonyl (C=O) groups excluding carboxylic acids is 1. The van der Waals surface area contributed by atoms with Gasteiger partial charge < -0.3 is 10.6 Å². The Labute approximate surface area is 136 Å². The molecular weight excluding hydrogens is 370 g/mol. The Balaban J connectivity index is 1.84. The van der Waals surface area contributed by atoms with Crippen LogP contribution in [0.5, 0.6) is 0 Å². The second-order valence-electron chi connectivity index (χ2n) is 4.69. The Morgan fingerprint density at radius 2 is 1.91 bits per heavy atom. The lowest BCUT2D eigenvalue weighted by molar-refractivity contribution is -0.117. The molecule has 114 valence electrons. The second-order valence-corrected chi connectivity index (χ2v) is 7.29. The summed E-state index contributed by atoms with van der Waals surface area (Å²) in [5, 5.41) is 5.54. The highest BCUT2D eigenvalue weighted by atomic mass is 79.9. The molecule has 2 aromatic rings. The van der Waals surface area contributed by atoms with Crippen molar-refractivity contribution in [3.63, 3.8) is 0 Å². The number of nitrogens with one attached hydrogen (secondary N) is 3. The molecule has 1 amide bonds. The van der Waals surface area contributed by atoms with Crippen molar-refractivity contribution in [2.75, 3.05) is 10.6 Å². The summed E-state index contributed by atoms with van der Waals surface area (Å²) in [5.41, 5.74) is 0.967. The highest BCUT2D eigenvalue weighted by Crippen LogP contribution is 2.25. The van der Waals surface area contributed by atoms with Gasteiger partial charge in [0.1, 0.15) is 4.90 Å². The summed E-state index contributed by atoms with van der Waals surface area (Å²) in [4.78, 5) is 12.4. The molecule has 1 aliphatic heterocycles. The van der Waals surface area contributed by atoms with Gasteiger partial charge in [-0.1, -0.05) is 34.1 Å². The number of para-hydroxylation sites is 1. The zero-order valence-electron chi connectivity index (χ0n) is 11.2. The van der Waals surface area contributed by atoms with E-state index in [9.17, 15) is 13.2 Å². The molecule has 0 aliphatic carbocycles. The first kappa shape index (κ1) is 15.0. The zero-order valence-corrected chi connectivity index (χ0v) is 13.6. The second kappa shape index (κ2) is 5.71. The van der Waals surface area contributed by atoms with Gasteiger partial charge in [-0.3, -0.25) is 4.79 Å². The first-order valence-corrected chi connectivity index (χ1v) is 8.68. The summed E-state index contributed by atoms with van der Waals surface area (Å²) in [5.74, 6) is -0.490. The maximum atomic E-state index is 12.3. The van der Waals surface area contributed by atoms with E-state index >= 15 is 0 Å². The number of carbonyl (C=O) groups is 1. The fourth-order valence-electron chi connectivity index (χ4n) is 2.12. The van der Waals surface area contributed by atoms with Crippen molar-refractivity contribution in [2.45, 2.75) is 11.1 Å². The number of hydrogen-bond acceptors (Lipinski definition) is 4. The van der Waals surface area contributed by atoms with Crippen LogP contribution in [0.3, 0.4) is 0 Å². The van der Waals surface area contributed by atoms with Gasteiger partial charge in [0.05, 0.1) is 5.69 Å². The Morgan fingerprint density at radius 1 is 1.14 bits per heavy atom. The molecule has 3 rings (SSSR count). The number of amides is 1. The van der Waals surface area contributed by atoms with Crippen molar-refractivity contribution in [3.05, 3.63) is 53.0 Å². The van der Waals surface area contributed by atoms with E-state index in [1.807, 2.05) is 6.07 Å². The third-order valence-electron chi connectivity index (χ3n) is 3.10. The van der Waals surface area contributed by atoms with Crippen LogP contribution in [0, 0.1) is 0 Å². The molecule has 22 heavy (non-hydrogen) atoms. The number of fused-ring (bicyclic) bond motifs is 1. The van der Waals surface area contributed by atoms with E-state index in [2.05, 4.69) is 31.3 Å². The van der Waals surface area contributed by atoms with Gasteiger partial charge in [-0.05, 0) is 30.3 Å². The van der Waals surface area contributed by atoms with Gasteiger partial charge in [-0.2, -0.15) is 4.72 Å². The van der Waals surface area contributed by atoms with Crippen LogP contribution in [0.4, 0.5) is 11.4 Å². The average molecular weight is 382 g/mol. The highest BCUT2D eigenvalue weighted by Gasteiger charge is 2.32. The Hall–Kier alpha value is -1.90. The molecule has 0 spiro atoms. The molecule has 0 fully saturated rings. The number of anilines is 2. The average Bonchev–Trinajstić information content (AvgIpc) is 2.46. The molecule has 8 heteroatoms. The first-order valence-electron chi connectivity index (χ1n) is 6.40. The summed E-state index contributed by atoms with van der Waals surface area (Å²) in [6, 6.07) is 13.5. The van der Waals surface area contributed by atoms with Gasteiger partial charge in [0.15, 0.2) is 6.17 Å². The molecule has 1 atom stereocenters. The van der Waals surface area contributed by atoms with Crippen molar-refractivity contribution in [3.8, 4) is 0 Å². The van der Waals surface area contributed by atoms with Crippen molar-refractivity contribution < 1.29 is 13.2 Å². The minimum Gasteiger partial charge on any atom is -0.360 e. The van der Waals surface area contributed by atoms with Gasteiger partial charge in [0.25, 0.3) is 5.91 Å². The van der Waals surface area contributed by atoms with Gasteiger partial charge in [0, 0.05) is 10.2 Å². The van der Waals surface area contributed by atoms with E-state index in [-0.39, 0.29) is 4.90 Å². The lowest BCUT2D eigenvalue weighted by atomic mass is 10.3. The number of hydrogen-bond donors (Lipinski definition) is 3. The monoisotopic (exact) mass is 381 g/mol. The van der Waals surface area contributed by atoms with Crippen LogP contribution < -0.4 is 15.4 Å². The lowest BCUT2D eigenvalue weighted by Crippen LogP contribution is -2.51. The molecule has 0 bridgehead atoms. The standard InChI is InChI=1S/C14H12BrN3O3S/c15-9-4-3-5-10(8-9)16-14(19)13-17-11-6-1-2-7-12(11)22(20,21)18-13/h1-8,13,17-18H,(H,16,19)/t13-/m0/s1. The number of halogens is 1. The molecule has 1 heterocycles. The third kappa shape index (κ3) is 2.99.